The van der Waals surface area contributed by atoms with Gasteiger partial charge in [-0.25, -0.2) is 0 Å². The smallest absolute Gasteiger partial charge is 0.391 e. The van der Waals surface area contributed by atoms with E-state index in [9.17, 15) is 18.3 Å². The Bertz CT molecular complexity index is 251. The van der Waals surface area contributed by atoms with Gasteiger partial charge in [0.1, 0.15) is 0 Å². The van der Waals surface area contributed by atoms with E-state index in [1.807, 2.05) is 6.92 Å². The quantitative estimate of drug-likeness (QED) is 0.606. The zero-order chi connectivity index (χ0) is 14.4. The molecule has 3 nitrogen and oxygen atoms in total. The highest BCUT2D eigenvalue weighted by atomic mass is 19.4. The van der Waals surface area contributed by atoms with Crippen LogP contribution in [0, 0.1) is 0 Å². The van der Waals surface area contributed by atoms with Gasteiger partial charge in [-0.3, -0.25) is 0 Å². The summed E-state index contributed by atoms with van der Waals surface area (Å²) in [6.07, 6.45) is -0.567. The molecule has 0 aliphatic heterocycles. The van der Waals surface area contributed by atoms with Gasteiger partial charge in [0.25, 0.3) is 0 Å². The first-order valence-corrected chi connectivity index (χ1v) is 6.94. The molecule has 1 rings (SSSR count). The van der Waals surface area contributed by atoms with Crippen LogP contribution in [0.1, 0.15) is 45.4 Å². The topological polar surface area (TPSA) is 41.5 Å². The zero-order valence-corrected chi connectivity index (χ0v) is 11.4. The van der Waals surface area contributed by atoms with Gasteiger partial charge in [-0.1, -0.05) is 6.92 Å². The van der Waals surface area contributed by atoms with Crippen LogP contribution < -0.4 is 5.32 Å². The Balaban J connectivity index is 2.14. The van der Waals surface area contributed by atoms with Crippen LogP contribution in [0.4, 0.5) is 13.2 Å². The lowest BCUT2D eigenvalue weighted by Gasteiger charge is -2.32. The molecule has 114 valence electrons. The van der Waals surface area contributed by atoms with E-state index >= 15 is 0 Å². The van der Waals surface area contributed by atoms with Crippen LogP contribution in [0.25, 0.3) is 0 Å². The number of alkyl halides is 3. The fraction of sp³-hybridized carbons (Fsp3) is 1.00. The van der Waals surface area contributed by atoms with Gasteiger partial charge in [-0.05, 0) is 32.1 Å². The molecule has 0 aromatic rings. The summed E-state index contributed by atoms with van der Waals surface area (Å²) in [5, 5.41) is 12.9. The Morgan fingerprint density at radius 3 is 2.37 bits per heavy atom. The maximum absolute atomic E-state index is 11.9. The van der Waals surface area contributed by atoms with Crippen molar-refractivity contribution in [1.29, 1.82) is 0 Å². The van der Waals surface area contributed by atoms with Gasteiger partial charge in [-0.2, -0.15) is 13.2 Å². The van der Waals surface area contributed by atoms with Gasteiger partial charge in [0, 0.05) is 18.2 Å². The normalized spacial score (nSPS) is 19.4. The van der Waals surface area contributed by atoms with Crippen LogP contribution in [0.3, 0.4) is 0 Å². The van der Waals surface area contributed by atoms with E-state index in [0.29, 0.717) is 19.1 Å². The molecule has 1 unspecified atom stereocenters. The summed E-state index contributed by atoms with van der Waals surface area (Å²) >= 11 is 0. The number of rotatable bonds is 10. The SMILES string of the molecule is CCC(CO)(CCCOCCC(F)(F)F)NC1CC1. The molecule has 0 aromatic heterocycles. The Morgan fingerprint density at radius 2 is 1.89 bits per heavy atom. The van der Waals surface area contributed by atoms with Crippen molar-refractivity contribution in [2.75, 3.05) is 19.8 Å². The van der Waals surface area contributed by atoms with Crippen molar-refractivity contribution < 1.29 is 23.0 Å². The predicted molar refractivity (Wildman–Crippen MR) is 67.0 cm³/mol. The van der Waals surface area contributed by atoms with E-state index in [0.717, 1.165) is 25.7 Å². The lowest BCUT2D eigenvalue weighted by atomic mass is 9.91. The van der Waals surface area contributed by atoms with Crippen LogP contribution >= 0.6 is 0 Å². The molecule has 0 saturated heterocycles. The molecular weight excluding hydrogens is 259 g/mol. The molecule has 6 heteroatoms. The Labute approximate surface area is 112 Å². The molecule has 0 radical (unpaired) electrons. The summed E-state index contributed by atoms with van der Waals surface area (Å²) in [6.45, 7) is 2.10. The largest absolute Gasteiger partial charge is 0.394 e. The zero-order valence-electron chi connectivity index (χ0n) is 11.4. The molecule has 19 heavy (non-hydrogen) atoms. The first kappa shape index (κ1) is 16.7. The maximum Gasteiger partial charge on any atom is 0.391 e. The van der Waals surface area contributed by atoms with Crippen LogP contribution in [0.15, 0.2) is 0 Å². The molecule has 1 fully saturated rings. The van der Waals surface area contributed by atoms with Crippen molar-refractivity contribution >= 4 is 0 Å². The molecule has 2 N–H and O–H groups in total. The molecule has 1 atom stereocenters. The number of aliphatic hydroxyl groups excluding tert-OH is 1. The molecule has 0 amide bonds. The third-order valence-electron chi connectivity index (χ3n) is 3.54. The lowest BCUT2D eigenvalue weighted by molar-refractivity contribution is -0.145. The molecule has 0 bridgehead atoms. The van der Waals surface area contributed by atoms with E-state index in [4.69, 9.17) is 4.74 Å². The predicted octanol–water partition coefficient (Wildman–Crippen LogP) is 2.63. The van der Waals surface area contributed by atoms with E-state index in [1.54, 1.807) is 0 Å². The number of nitrogens with one attached hydrogen (secondary N) is 1. The van der Waals surface area contributed by atoms with Gasteiger partial charge >= 0.3 is 6.18 Å². The maximum atomic E-state index is 11.9. The third kappa shape index (κ3) is 7.13. The minimum atomic E-state index is -4.15. The van der Waals surface area contributed by atoms with E-state index in [-0.39, 0.29) is 18.8 Å². The van der Waals surface area contributed by atoms with Gasteiger partial charge in [0.05, 0.1) is 19.6 Å². The Hall–Kier alpha value is -0.330. The van der Waals surface area contributed by atoms with Gasteiger partial charge in [-0.15, -0.1) is 0 Å². The molecular formula is C13H24F3NO2. The summed E-state index contributed by atoms with van der Waals surface area (Å²) in [5.41, 5.74) is -0.297. The van der Waals surface area contributed by atoms with Crippen molar-refractivity contribution in [2.24, 2.45) is 0 Å². The number of hydrogen-bond donors (Lipinski definition) is 2. The number of aliphatic hydroxyl groups is 1. The second-order valence-corrected chi connectivity index (χ2v) is 5.29. The summed E-state index contributed by atoms with van der Waals surface area (Å²) in [5.74, 6) is 0. The van der Waals surface area contributed by atoms with Crippen LogP contribution in [-0.2, 0) is 4.74 Å². The van der Waals surface area contributed by atoms with Crippen molar-refractivity contribution in [3.63, 3.8) is 0 Å². The van der Waals surface area contributed by atoms with E-state index in [2.05, 4.69) is 5.32 Å². The van der Waals surface area contributed by atoms with Gasteiger partial charge in [0.2, 0.25) is 0 Å². The van der Waals surface area contributed by atoms with Crippen molar-refractivity contribution in [1.82, 2.24) is 5.32 Å². The molecule has 1 aliphatic carbocycles. The Kier molecular flexibility index (Phi) is 6.56. The monoisotopic (exact) mass is 283 g/mol. The summed E-state index contributed by atoms with van der Waals surface area (Å²) < 4.78 is 40.7. The van der Waals surface area contributed by atoms with Crippen molar-refractivity contribution in [2.45, 2.75) is 63.2 Å². The highest BCUT2D eigenvalue weighted by molar-refractivity contribution is 4.94. The minimum absolute atomic E-state index is 0.0581. The Morgan fingerprint density at radius 1 is 1.21 bits per heavy atom. The van der Waals surface area contributed by atoms with Gasteiger partial charge in [0.15, 0.2) is 0 Å². The average Bonchev–Trinajstić information content (AvgIpc) is 3.14. The molecule has 1 aliphatic rings. The van der Waals surface area contributed by atoms with E-state index < -0.39 is 12.6 Å². The molecule has 0 aromatic carbocycles. The molecule has 0 spiro atoms. The standard InChI is InChI=1S/C13H24F3NO2/c1-2-12(10-18,17-11-4-5-11)6-3-8-19-9-7-13(14,15)16/h11,17-18H,2-10H2,1H3. The van der Waals surface area contributed by atoms with Crippen LogP contribution in [-0.4, -0.2) is 42.7 Å². The number of ether oxygens (including phenoxy) is 1. The molecule has 0 heterocycles. The van der Waals surface area contributed by atoms with Crippen molar-refractivity contribution in [3.8, 4) is 0 Å². The van der Waals surface area contributed by atoms with Gasteiger partial charge < -0.3 is 15.2 Å². The second kappa shape index (κ2) is 7.45. The minimum Gasteiger partial charge on any atom is -0.394 e. The number of halogens is 3. The van der Waals surface area contributed by atoms with E-state index in [1.165, 1.54) is 0 Å². The average molecular weight is 283 g/mol. The number of hydrogen-bond acceptors (Lipinski definition) is 3. The molecule has 1 saturated carbocycles. The lowest BCUT2D eigenvalue weighted by Crippen LogP contribution is -2.49. The fourth-order valence-corrected chi connectivity index (χ4v) is 2.05. The summed E-state index contributed by atoms with van der Waals surface area (Å²) in [7, 11) is 0. The fourth-order valence-electron chi connectivity index (χ4n) is 2.05. The first-order chi connectivity index (χ1) is 8.91. The summed E-state index contributed by atoms with van der Waals surface area (Å²) in [4.78, 5) is 0. The summed E-state index contributed by atoms with van der Waals surface area (Å²) in [6, 6.07) is 0.498. The first-order valence-electron chi connectivity index (χ1n) is 6.94. The van der Waals surface area contributed by atoms with Crippen LogP contribution in [0.2, 0.25) is 0 Å². The highest BCUT2D eigenvalue weighted by Crippen LogP contribution is 2.27. The third-order valence-corrected chi connectivity index (χ3v) is 3.54. The highest BCUT2D eigenvalue weighted by Gasteiger charge is 2.34. The second-order valence-electron chi connectivity index (χ2n) is 5.29. The van der Waals surface area contributed by atoms with Crippen molar-refractivity contribution in [3.05, 3.63) is 0 Å². The van der Waals surface area contributed by atoms with Crippen LogP contribution in [0.5, 0.6) is 0 Å².